The van der Waals surface area contributed by atoms with E-state index in [2.05, 4.69) is 10.6 Å². The Hall–Kier alpha value is -8.73. The van der Waals surface area contributed by atoms with Crippen molar-refractivity contribution < 1.29 is 135 Å². The highest BCUT2D eigenvalue weighted by atomic mass is 32.3. The summed E-state index contributed by atoms with van der Waals surface area (Å²) in [5.41, 5.74) is -5.82. The van der Waals surface area contributed by atoms with Crippen LogP contribution in [0.5, 0.6) is 0 Å². The molecule has 4 amide bonds. The van der Waals surface area contributed by atoms with Crippen molar-refractivity contribution in [3.63, 3.8) is 0 Å². The van der Waals surface area contributed by atoms with Gasteiger partial charge in [-0.15, -0.1) is 0 Å². The van der Waals surface area contributed by atoms with Crippen molar-refractivity contribution in [1.29, 1.82) is 0 Å². The van der Waals surface area contributed by atoms with E-state index in [-0.39, 0.29) is 33.6 Å². The molecular formula is C51H44N6O31S10. The second-order valence-electron chi connectivity index (χ2n) is 20.8. The van der Waals surface area contributed by atoms with Crippen LogP contribution in [0.2, 0.25) is 0 Å². The molecule has 0 heterocycles. The van der Waals surface area contributed by atoms with Crippen LogP contribution in [0.15, 0.2) is 158 Å². The minimum Gasteiger partial charge on any atom is -0.355 e. The minimum absolute atomic E-state index is 0.0863. The van der Waals surface area contributed by atoms with Crippen LogP contribution in [0.25, 0.3) is 21.5 Å². The van der Waals surface area contributed by atoms with Gasteiger partial charge in [-0.25, -0.2) is 21.6 Å². The molecule has 8 rings (SSSR count). The molecule has 0 radical (unpaired) electrons. The number of amides is 4. The smallest absolute Gasteiger partial charge is 0.328 e. The van der Waals surface area contributed by atoms with Crippen molar-refractivity contribution in [2.24, 2.45) is 0 Å². The highest BCUT2D eigenvalue weighted by Gasteiger charge is 2.32. The molecule has 0 unspecified atom stereocenters. The maximum atomic E-state index is 14.1. The molecule has 0 fully saturated rings. The molecule has 0 aliphatic rings. The Balaban J connectivity index is 1.04. The normalized spacial score (nSPS) is 13.0. The first-order valence-corrected chi connectivity index (χ1v) is 40.2. The van der Waals surface area contributed by atoms with Crippen LogP contribution >= 0.6 is 0 Å². The number of hydrogen-bond donors (Lipinski definition) is 14. The number of nitrogens with one attached hydrogen (secondary N) is 6. The van der Waals surface area contributed by atoms with Crippen molar-refractivity contribution in [3.05, 3.63) is 143 Å². The van der Waals surface area contributed by atoms with Crippen LogP contribution in [0.1, 0.15) is 43.0 Å². The first-order chi connectivity index (χ1) is 44.4. The second-order valence-corrected chi connectivity index (χ2v) is 35.3. The predicted octanol–water partition coefficient (Wildman–Crippen LogP) is 4.57. The van der Waals surface area contributed by atoms with E-state index in [1.54, 1.807) is 10.6 Å². The molecule has 98 heavy (non-hydrogen) atoms. The maximum absolute atomic E-state index is 14.1. The van der Waals surface area contributed by atoms with Crippen LogP contribution in [0.4, 0.5) is 38.9 Å². The lowest BCUT2D eigenvalue weighted by Gasteiger charge is -2.19. The molecule has 0 saturated carbocycles. The van der Waals surface area contributed by atoms with Gasteiger partial charge in [0.2, 0.25) is 0 Å². The Morgan fingerprint density at radius 3 is 0.847 bits per heavy atom. The fourth-order valence-electron chi connectivity index (χ4n) is 9.55. The third-order valence-electron chi connectivity index (χ3n) is 13.8. The van der Waals surface area contributed by atoms with Gasteiger partial charge in [-0.1, -0.05) is 12.1 Å². The van der Waals surface area contributed by atoms with Gasteiger partial charge in [0.1, 0.15) is 19.6 Å². The molecule has 0 aromatic heterocycles. The molecule has 0 bridgehead atoms. The lowest BCUT2D eigenvalue weighted by atomic mass is 10.1. The van der Waals surface area contributed by atoms with E-state index in [0.29, 0.717) is 84.9 Å². The average molecular weight is 1560 g/mol. The van der Waals surface area contributed by atoms with Crippen molar-refractivity contribution in [1.82, 2.24) is 10.6 Å². The molecule has 8 aromatic rings. The van der Waals surface area contributed by atoms with E-state index in [1.165, 1.54) is 39.8 Å². The van der Waals surface area contributed by atoms with E-state index in [9.17, 15) is 135 Å². The molecule has 0 spiro atoms. The molecule has 37 nitrogen and oxygen atoms in total. The van der Waals surface area contributed by atoms with Crippen molar-refractivity contribution in [2.45, 2.75) is 76.6 Å². The number of rotatable bonds is 20. The number of anilines is 6. The van der Waals surface area contributed by atoms with E-state index < -0.39 is 223 Å². The van der Waals surface area contributed by atoms with Gasteiger partial charge in [-0.3, -0.25) is 66.1 Å². The van der Waals surface area contributed by atoms with Crippen LogP contribution in [-0.2, 0) is 101 Å². The maximum Gasteiger partial charge on any atom is 0.328 e. The first-order valence-electron chi connectivity index (χ1n) is 25.8. The van der Waals surface area contributed by atoms with E-state index in [4.69, 9.17) is 0 Å². The van der Waals surface area contributed by atoms with Gasteiger partial charge in [-0.2, -0.15) is 67.3 Å². The predicted molar refractivity (Wildman–Crippen MR) is 340 cm³/mol. The number of carbonyl (C=O) groups is 3. The monoisotopic (exact) mass is 1560 g/mol. The molecule has 524 valence electrons. The number of carbonyl (C=O) groups excluding carboxylic acids is 3. The second kappa shape index (κ2) is 25.5. The third-order valence-corrected chi connectivity index (χ3v) is 23.7. The molecular weight excluding hydrogens is 1510 g/mol. The molecule has 0 atom stereocenters. The van der Waals surface area contributed by atoms with Gasteiger partial charge in [-0.05, 0) is 158 Å². The first kappa shape index (κ1) is 75.0. The highest BCUT2D eigenvalue weighted by molar-refractivity contribution is 7.93. The van der Waals surface area contributed by atoms with Gasteiger partial charge in [0, 0.05) is 44.6 Å². The summed E-state index contributed by atoms with van der Waals surface area (Å²) in [5, 5.41) is 5.61. The van der Waals surface area contributed by atoms with Crippen molar-refractivity contribution in [2.75, 3.05) is 20.1 Å². The Morgan fingerprint density at radius 2 is 0.571 bits per heavy atom. The third kappa shape index (κ3) is 16.4. The van der Waals surface area contributed by atoms with Crippen molar-refractivity contribution >= 4 is 175 Å². The number of imide groups is 2. The Kier molecular flexibility index (Phi) is 19.6. The Bertz CT molecular complexity index is 5750. The van der Waals surface area contributed by atoms with Gasteiger partial charge in [0.25, 0.3) is 113 Å². The summed E-state index contributed by atoms with van der Waals surface area (Å²) in [5.74, 6) is -3.19. The lowest BCUT2D eigenvalue weighted by molar-refractivity contribution is 0.0943. The zero-order valence-electron chi connectivity index (χ0n) is 48.9. The highest BCUT2D eigenvalue weighted by Crippen LogP contribution is 2.41. The van der Waals surface area contributed by atoms with Crippen LogP contribution < -0.4 is 30.7 Å². The quantitative estimate of drug-likeness (QED) is 0.0465. The summed E-state index contributed by atoms with van der Waals surface area (Å²) < 4.78 is 339. The van der Waals surface area contributed by atoms with Crippen LogP contribution in [0, 0.1) is 27.7 Å². The fourth-order valence-corrected chi connectivity index (χ4v) is 17.5. The summed E-state index contributed by atoms with van der Waals surface area (Å²) >= 11 is 0. The van der Waals surface area contributed by atoms with Crippen LogP contribution in [-0.4, -0.2) is 138 Å². The Labute approximate surface area is 555 Å². The van der Waals surface area contributed by atoms with Crippen molar-refractivity contribution in [3.8, 4) is 0 Å². The number of fused-ring (bicyclic) bond motifs is 2. The number of aryl methyl sites for hydroxylation is 4. The SMILES string of the molecule is Cc1cc(C)c(S(=O)(=O)Nc2ccc(C(=O)NC(=O)NC(=O)c3ccc(NS(=O)(=O)c4cc(Nc5cc(S(=O)(=O)O)cc6cc(S(=O)(=O)O)cc(S(=O)(=O)O)c56)c(C)cc4C)c(S(=O)(=O)O)c3)cc2S(=O)(=O)O)cc1Nc1cc(S(=O)(=O)O)cc2cc(S(=O)(=O)O)cc(S(=O)(=O)O)c12. The summed E-state index contributed by atoms with van der Waals surface area (Å²) in [7, 11) is -53.4. The molecule has 14 N–H and O–H groups in total. The molecule has 0 aliphatic carbocycles. The van der Waals surface area contributed by atoms with E-state index in [1.807, 2.05) is 9.44 Å². The standard InChI is InChI=1S/C51H44N6O31S10/c1-23-9-25(3)41(21-37(23)52-39-17-31(91(65,66)67)11-29-13-33(93(71,72)73)19-45(47(29)39)97(83,84)85)89(61,62)56-35-7-5-27(15-43(35)95(77,78)79)49(58)54-51(60)55-50(59)28-6-8-36(44(16-28)96(80,81)82)57-90(63,64)42-22-38(24(2)10-26(42)4)53-40-18-32(92(68,69)70)12-30-14-34(94(74,75)76)20-46(48(30)40)98(86,87)88/h5-22,52-53,56-57H,1-4H3,(H,65,66,67)(H,68,69,70)(H,71,72,73)(H,74,75,76)(H,77,78,79)(H,80,81,82)(H,83,84,85)(H,86,87,88)(H2,54,55,58,59,60). The van der Waals surface area contributed by atoms with Gasteiger partial charge < -0.3 is 10.6 Å². The summed E-state index contributed by atoms with van der Waals surface area (Å²) in [6, 6.07) is 9.43. The topological polar surface area (TPSA) is 627 Å². The molecule has 47 heteroatoms. The van der Waals surface area contributed by atoms with Gasteiger partial charge in [0.05, 0.1) is 40.7 Å². The summed E-state index contributed by atoms with van der Waals surface area (Å²) in [6.45, 7) is 5.08. The summed E-state index contributed by atoms with van der Waals surface area (Å²) in [6.07, 6.45) is 0. The zero-order chi connectivity index (χ0) is 73.7. The molecule has 0 aliphatic heterocycles. The average Bonchev–Trinajstić information content (AvgIpc) is 0.756. The molecule has 0 saturated heterocycles. The van der Waals surface area contributed by atoms with Crippen LogP contribution in [0.3, 0.4) is 0 Å². The number of sulfonamides is 2. The minimum atomic E-state index is -5.60. The number of hydrogen-bond acceptors (Lipinski definition) is 25. The van der Waals surface area contributed by atoms with Gasteiger partial charge >= 0.3 is 6.03 Å². The number of benzene rings is 8. The summed E-state index contributed by atoms with van der Waals surface area (Å²) in [4.78, 5) is 28.6. The molecule has 8 aromatic carbocycles. The van der Waals surface area contributed by atoms with E-state index >= 15 is 0 Å². The fraction of sp³-hybridized carbons (Fsp3) is 0.0784. The van der Waals surface area contributed by atoms with E-state index in [0.717, 1.165) is 12.1 Å². The largest absolute Gasteiger partial charge is 0.355 e. The number of urea groups is 1. The lowest BCUT2D eigenvalue weighted by Crippen LogP contribution is -2.42. The van der Waals surface area contributed by atoms with Gasteiger partial charge in [0.15, 0.2) is 0 Å². The Morgan fingerprint density at radius 1 is 0.286 bits per heavy atom. The zero-order valence-corrected chi connectivity index (χ0v) is 57.1.